The van der Waals surface area contributed by atoms with Crippen molar-refractivity contribution in [3.63, 3.8) is 0 Å². The number of aliphatic carboxylic acids is 1. The number of hydrazine groups is 1. The number of benzene rings is 3. The molecule has 3 aromatic carbocycles. The van der Waals surface area contributed by atoms with Gasteiger partial charge in [0, 0.05) is 35.2 Å². The van der Waals surface area contributed by atoms with E-state index in [1.807, 2.05) is 6.08 Å². The van der Waals surface area contributed by atoms with Crippen LogP contribution in [0.25, 0.3) is 0 Å². The predicted octanol–water partition coefficient (Wildman–Crippen LogP) is 4.66. The molecule has 14 heteroatoms. The average Bonchev–Trinajstić information content (AvgIpc) is 3.48. The first-order valence-electron chi connectivity index (χ1n) is 16.3. The Morgan fingerprint density at radius 1 is 0.961 bits per heavy atom. The Bertz CT molecular complexity index is 1980. The van der Waals surface area contributed by atoms with Gasteiger partial charge in [-0.05, 0) is 60.7 Å². The molecule has 6 atom stereocenters. The number of carbonyl (C=O) groups is 5. The topological polar surface area (TPSA) is 163 Å². The molecule has 7 rings (SSSR count). The fourth-order valence-electron chi connectivity index (χ4n) is 8.67. The van der Waals surface area contributed by atoms with E-state index in [0.717, 1.165) is 9.91 Å². The van der Waals surface area contributed by atoms with Gasteiger partial charge in [0.2, 0.25) is 11.8 Å². The number of rotatable bonds is 9. The molecule has 0 radical (unpaired) electrons. The Morgan fingerprint density at radius 3 is 2.22 bits per heavy atom. The molecule has 2 saturated heterocycles. The van der Waals surface area contributed by atoms with Crippen LogP contribution in [0.5, 0.6) is 17.2 Å². The Hall–Kier alpha value is -5.43. The van der Waals surface area contributed by atoms with Gasteiger partial charge in [-0.3, -0.25) is 34.3 Å². The lowest BCUT2D eigenvalue weighted by atomic mass is 9.49. The molecule has 4 aliphatic rings. The van der Waals surface area contributed by atoms with E-state index in [2.05, 4.69) is 5.43 Å². The van der Waals surface area contributed by atoms with Crippen molar-refractivity contribution in [1.29, 1.82) is 0 Å². The minimum atomic E-state index is -1.71. The summed E-state index contributed by atoms with van der Waals surface area (Å²) >= 11 is 6.34. The van der Waals surface area contributed by atoms with Crippen molar-refractivity contribution < 1.29 is 48.0 Å². The van der Waals surface area contributed by atoms with Gasteiger partial charge >= 0.3 is 5.97 Å². The maximum atomic E-state index is 15.3. The summed E-state index contributed by atoms with van der Waals surface area (Å²) < 4.78 is 25.5. The van der Waals surface area contributed by atoms with E-state index < -0.39 is 76.8 Å². The number of halogens is 2. The van der Waals surface area contributed by atoms with Crippen LogP contribution >= 0.6 is 11.6 Å². The van der Waals surface area contributed by atoms with Gasteiger partial charge in [0.05, 0.1) is 49.5 Å². The molecule has 0 spiro atoms. The molecule has 0 bridgehead atoms. The SMILES string of the molecule is COc1cc(O)cc(OC)c1C1C2=CCC3C(=O)N(CCC(=O)O)C(=O)C3C2CC2C(=O)N(Nc3ccc(F)cc3)C(=O)C21c1ccc(Cl)cc1. The largest absolute Gasteiger partial charge is 0.508 e. The van der Waals surface area contributed by atoms with Crippen LogP contribution in [0.3, 0.4) is 0 Å². The van der Waals surface area contributed by atoms with Crippen LogP contribution in [0.2, 0.25) is 5.02 Å². The van der Waals surface area contributed by atoms with Crippen molar-refractivity contribution in [2.24, 2.45) is 23.7 Å². The maximum Gasteiger partial charge on any atom is 0.305 e. The molecule has 6 unspecified atom stereocenters. The lowest BCUT2D eigenvalue weighted by Gasteiger charge is -2.51. The molecule has 1 saturated carbocycles. The molecule has 3 aromatic rings. The summed E-state index contributed by atoms with van der Waals surface area (Å²) in [6, 6.07) is 14.4. The lowest BCUT2D eigenvalue weighted by molar-refractivity contribution is -0.143. The standard InChI is InChI=1S/C37H33ClFN3O9/c1-50-27-15-22(43)16-28(51-2)31(27)32-23-11-12-24-30(35(48)41(33(24)46)14-13-29(44)45)25(23)17-26-34(47)42(40-21-9-7-20(39)8-10-21)36(49)37(26,32)18-3-5-19(38)6-4-18/h3-11,15-16,24-26,30,32,40,43H,12-14,17H2,1-2H3,(H,44,45). The van der Waals surface area contributed by atoms with E-state index >= 15 is 4.79 Å². The van der Waals surface area contributed by atoms with E-state index in [0.29, 0.717) is 21.7 Å². The number of ether oxygens (including phenoxy) is 2. The summed E-state index contributed by atoms with van der Waals surface area (Å²) in [5.41, 5.74) is 2.79. The van der Waals surface area contributed by atoms with Crippen LogP contribution < -0.4 is 14.9 Å². The van der Waals surface area contributed by atoms with Crippen LogP contribution in [-0.4, -0.2) is 70.5 Å². The first kappa shape index (κ1) is 34.0. The fraction of sp³-hybridized carbons (Fsp3) is 0.324. The molecule has 4 amide bonds. The number of nitrogens with zero attached hydrogens (tertiary/aromatic N) is 2. The second-order valence-electron chi connectivity index (χ2n) is 13.1. The van der Waals surface area contributed by atoms with Gasteiger partial charge in [-0.1, -0.05) is 35.4 Å². The van der Waals surface area contributed by atoms with Gasteiger partial charge in [-0.25, -0.2) is 4.39 Å². The molecule has 3 fully saturated rings. The molecule has 51 heavy (non-hydrogen) atoms. The highest BCUT2D eigenvalue weighted by atomic mass is 35.5. The Morgan fingerprint density at radius 2 is 1.61 bits per heavy atom. The Labute approximate surface area is 296 Å². The fourth-order valence-corrected chi connectivity index (χ4v) is 8.80. The summed E-state index contributed by atoms with van der Waals surface area (Å²) in [4.78, 5) is 70.1. The number of carboxylic acid groups (broad SMARTS) is 1. The normalized spacial score (nSPS) is 26.7. The van der Waals surface area contributed by atoms with Crippen molar-refractivity contribution in [1.82, 2.24) is 9.91 Å². The van der Waals surface area contributed by atoms with Crippen molar-refractivity contribution >= 4 is 46.9 Å². The summed E-state index contributed by atoms with van der Waals surface area (Å²) in [6.45, 7) is -0.296. The van der Waals surface area contributed by atoms with Gasteiger partial charge in [0.1, 0.15) is 23.1 Å². The van der Waals surface area contributed by atoms with Gasteiger partial charge in [0.25, 0.3) is 11.8 Å². The monoisotopic (exact) mass is 717 g/mol. The highest BCUT2D eigenvalue weighted by Crippen LogP contribution is 2.66. The Kier molecular flexibility index (Phi) is 8.49. The van der Waals surface area contributed by atoms with Crippen molar-refractivity contribution in [2.45, 2.75) is 30.6 Å². The van der Waals surface area contributed by atoms with E-state index in [1.165, 1.54) is 50.6 Å². The molecule has 2 heterocycles. The number of aromatic hydroxyl groups is 1. The number of amides is 4. The molecule has 2 aliphatic heterocycles. The second-order valence-corrected chi connectivity index (χ2v) is 13.5. The number of imide groups is 2. The smallest absolute Gasteiger partial charge is 0.305 e. The number of allylic oxidation sites excluding steroid dienone is 2. The zero-order chi connectivity index (χ0) is 36.4. The van der Waals surface area contributed by atoms with Crippen molar-refractivity contribution in [2.75, 3.05) is 26.2 Å². The van der Waals surface area contributed by atoms with Crippen LogP contribution in [0.1, 0.15) is 36.3 Å². The van der Waals surface area contributed by atoms with Crippen LogP contribution in [0, 0.1) is 29.5 Å². The molecule has 264 valence electrons. The van der Waals surface area contributed by atoms with E-state index in [1.54, 1.807) is 24.3 Å². The van der Waals surface area contributed by atoms with Crippen LogP contribution in [-0.2, 0) is 29.4 Å². The number of methoxy groups -OCH3 is 2. The quantitative estimate of drug-likeness (QED) is 0.210. The minimum absolute atomic E-state index is 0.0210. The Balaban J connectivity index is 1.48. The number of carbonyl (C=O) groups excluding carboxylic acids is 4. The predicted molar refractivity (Wildman–Crippen MR) is 179 cm³/mol. The number of phenols is 1. The highest BCUT2D eigenvalue weighted by Gasteiger charge is 2.71. The zero-order valence-corrected chi connectivity index (χ0v) is 28.2. The third-order valence-electron chi connectivity index (χ3n) is 10.7. The summed E-state index contributed by atoms with van der Waals surface area (Å²) in [7, 11) is 2.78. The maximum absolute atomic E-state index is 15.3. The number of hydrogen-bond acceptors (Lipinski definition) is 9. The second kappa shape index (κ2) is 12.7. The highest BCUT2D eigenvalue weighted by molar-refractivity contribution is 6.30. The number of nitrogens with one attached hydrogen (secondary N) is 1. The van der Waals surface area contributed by atoms with Crippen LogP contribution in [0.4, 0.5) is 10.1 Å². The number of fused-ring (bicyclic) bond motifs is 4. The van der Waals surface area contributed by atoms with Gasteiger partial charge in [-0.2, -0.15) is 5.01 Å². The first-order valence-corrected chi connectivity index (χ1v) is 16.7. The van der Waals surface area contributed by atoms with Gasteiger partial charge in [0.15, 0.2) is 0 Å². The number of hydrogen-bond donors (Lipinski definition) is 3. The van der Waals surface area contributed by atoms with Crippen LogP contribution in [0.15, 0.2) is 72.3 Å². The van der Waals surface area contributed by atoms with Gasteiger partial charge in [-0.15, -0.1) is 0 Å². The molecule has 12 nitrogen and oxygen atoms in total. The third kappa shape index (κ3) is 5.21. The van der Waals surface area contributed by atoms with E-state index in [9.17, 15) is 33.8 Å². The number of phenolic OH excluding ortho intramolecular Hbond substituents is 1. The van der Waals surface area contributed by atoms with Crippen molar-refractivity contribution in [3.05, 3.63) is 94.3 Å². The summed E-state index contributed by atoms with van der Waals surface area (Å²) in [5, 5.41) is 21.3. The molecule has 2 aliphatic carbocycles. The summed E-state index contributed by atoms with van der Waals surface area (Å²) in [6.07, 6.45) is 1.50. The average molecular weight is 718 g/mol. The number of likely N-dealkylation sites (tertiary alicyclic amines) is 1. The summed E-state index contributed by atoms with van der Waals surface area (Å²) in [5.74, 6) is -8.53. The molecular weight excluding hydrogens is 685 g/mol. The van der Waals surface area contributed by atoms with Crippen molar-refractivity contribution in [3.8, 4) is 17.2 Å². The third-order valence-corrected chi connectivity index (χ3v) is 11.0. The van der Waals surface area contributed by atoms with Gasteiger partial charge < -0.3 is 19.7 Å². The van der Waals surface area contributed by atoms with E-state index in [4.69, 9.17) is 21.1 Å². The van der Waals surface area contributed by atoms with E-state index in [-0.39, 0.29) is 42.3 Å². The minimum Gasteiger partial charge on any atom is -0.508 e. The zero-order valence-electron chi connectivity index (χ0n) is 27.5. The molecule has 0 aromatic heterocycles. The lowest BCUT2D eigenvalue weighted by Crippen LogP contribution is -2.53. The number of anilines is 1. The molecule has 3 N–H and O–H groups in total. The molecular formula is C37H33ClFN3O9. The number of carboxylic acids is 1. The first-order chi connectivity index (χ1) is 24.4.